The fourth-order valence-electron chi connectivity index (χ4n) is 7.06. The van der Waals surface area contributed by atoms with Gasteiger partial charge in [-0.3, -0.25) is 14.4 Å². The van der Waals surface area contributed by atoms with Gasteiger partial charge in [0.25, 0.3) is 0 Å². The number of ether oxygens (including phenoxy) is 9. The molecule has 0 aromatic heterocycles. The van der Waals surface area contributed by atoms with Gasteiger partial charge in [0, 0.05) is 32.7 Å². The number of carbonyl (C=O) groups excluding carboxylic acids is 3. The SMILES string of the molecule is COC(=O)[C@H](C)Cl.C[C@@H]1CNC[C@H](COCc2ccccc2)O1.C[C@H](Cl)C(=O)NC[C@@H](O)COCc1ccccc1.C[C@H]1O[C@@H](COCc2ccccc2)CNC1=O.NC[C@@H](O)COCc1ccccc1.[AlH3].[H-].[H-].[Li+].[Na+].c1ccc(COC[C@H]2CO2)cc1. The minimum Gasteiger partial charge on any atom is -1.00 e. The smallest absolute Gasteiger partial charge is 1.00 e. The van der Waals surface area contributed by atoms with E-state index in [1.54, 1.807) is 20.8 Å². The molecule has 0 bridgehead atoms. The molecule has 468 valence electrons. The van der Waals surface area contributed by atoms with Crippen LogP contribution in [0.4, 0.5) is 0 Å². The Balaban J connectivity index is -0.000000990. The molecule has 23 heteroatoms. The van der Waals surface area contributed by atoms with Crippen molar-refractivity contribution in [3.8, 4) is 0 Å². The summed E-state index contributed by atoms with van der Waals surface area (Å²) in [5.41, 5.74) is 10.9. The molecule has 86 heavy (non-hydrogen) atoms. The summed E-state index contributed by atoms with van der Waals surface area (Å²) in [7, 11) is 1.31. The standard InChI is InChI=1S/C13H18ClNO3.C13H17NO3.C13H19NO2.C10H15NO2.C10H12O2.C4H7ClO2.Al.Li.Na.5H/c1-10(14)13(17)15-7-12(16)9-18-8-11-5-3-2-4-6-11;1-10-13(15)14-7-12(17-10)9-16-8-11-5-3-2-4-6-11;1-11-7-14-8-13(16-11)10-15-9-12-5-3-2-4-6-12;11-6-10(12)8-13-7-9-4-2-1-3-5-9;1-2-4-9(5-3-1)6-11-7-10-8-12-10;1-3(5)4(6)7-2;;;;;;;;/h2-6,10,12,16H,7-9H2,1H3,(H,15,17);2-6,10,12H,7-9H2,1H3,(H,14,15);2-6,11,13-14H,7-10H2,1H3;1-5,10,12H,6-8,11H2;1-5,10H,6-8H2;3H,1-2H3;;;;;;;;/q;;;;;;;2*+1;;;;2*-1/t10-,12+;10-,12-;11-,13-;2*10-;3-;;;;;;;;/m011100......../s1. The molecular weight excluding hydrogens is 1160 g/mol. The number of hydrogen-bond donors (Lipinski definition) is 6. The van der Waals surface area contributed by atoms with Crippen LogP contribution in [0.1, 0.15) is 58.4 Å². The van der Waals surface area contributed by atoms with E-state index in [9.17, 15) is 19.5 Å². The van der Waals surface area contributed by atoms with E-state index in [1.807, 2.05) is 127 Å². The zero-order valence-corrected chi connectivity index (χ0v) is 54.1. The first-order chi connectivity index (χ1) is 40.1. The molecule has 0 unspecified atom stereocenters. The normalized spacial score (nSPS) is 18.4. The van der Waals surface area contributed by atoms with Crippen molar-refractivity contribution < 1.29 is 118 Å². The second kappa shape index (κ2) is 52.5. The minimum atomic E-state index is -0.729. The number of nitrogens with two attached hydrogens (primary N) is 1. The Bertz CT molecular complexity index is 2430. The average molecular weight is 1260 g/mol. The quantitative estimate of drug-likeness (QED) is 0.0195. The number of hydrogen-bond acceptors (Lipinski definition) is 16. The van der Waals surface area contributed by atoms with Gasteiger partial charge in [0.1, 0.15) is 23.0 Å². The van der Waals surface area contributed by atoms with Gasteiger partial charge in [-0.25, -0.2) is 0 Å². The van der Waals surface area contributed by atoms with Gasteiger partial charge in [0.15, 0.2) is 17.4 Å². The number of amides is 2. The molecule has 0 aliphatic carbocycles. The van der Waals surface area contributed by atoms with Gasteiger partial charge < -0.3 is 77.4 Å². The maximum Gasteiger partial charge on any atom is 1.00 e. The van der Waals surface area contributed by atoms with Gasteiger partial charge in [0.2, 0.25) is 11.8 Å². The molecular formula is C63H93AlCl2LiN4NaO14. The van der Waals surface area contributed by atoms with Crippen LogP contribution in [-0.2, 0) is 90.0 Å². The molecule has 7 N–H and O–H groups in total. The number of epoxide rings is 1. The Kier molecular flexibility index (Phi) is 50.5. The van der Waals surface area contributed by atoms with E-state index in [0.29, 0.717) is 71.6 Å². The first-order valence-corrected chi connectivity index (χ1v) is 28.7. The van der Waals surface area contributed by atoms with E-state index in [0.717, 1.165) is 43.0 Å². The fraction of sp³-hybridized carbons (Fsp3) is 0.476. The van der Waals surface area contributed by atoms with Gasteiger partial charge in [-0.15, -0.1) is 23.2 Å². The van der Waals surface area contributed by atoms with Crippen molar-refractivity contribution in [1.29, 1.82) is 0 Å². The summed E-state index contributed by atoms with van der Waals surface area (Å²) in [6.45, 7) is 15.8. The Labute approximate surface area is 567 Å². The molecule has 18 nitrogen and oxygen atoms in total. The summed E-state index contributed by atoms with van der Waals surface area (Å²) < 4.78 is 47.7. The summed E-state index contributed by atoms with van der Waals surface area (Å²) in [5.74, 6) is -0.732. The molecule has 3 aliphatic heterocycles. The van der Waals surface area contributed by atoms with Crippen molar-refractivity contribution in [1.82, 2.24) is 16.0 Å². The molecule has 3 aliphatic rings. The third kappa shape index (κ3) is 42.6. The second-order valence-electron chi connectivity index (χ2n) is 19.4. The molecule has 3 fully saturated rings. The third-order valence-corrected chi connectivity index (χ3v) is 12.0. The monoisotopic (exact) mass is 1260 g/mol. The summed E-state index contributed by atoms with van der Waals surface area (Å²) >= 11 is 10.8. The van der Waals surface area contributed by atoms with Crippen LogP contribution in [0.15, 0.2) is 152 Å². The van der Waals surface area contributed by atoms with E-state index in [1.165, 1.54) is 18.2 Å². The minimum absolute atomic E-state index is 0. The summed E-state index contributed by atoms with van der Waals surface area (Å²) in [6.07, 6.45) is -0.863. The number of alkyl halides is 2. The van der Waals surface area contributed by atoms with E-state index in [2.05, 4.69) is 51.9 Å². The number of morpholine rings is 2. The van der Waals surface area contributed by atoms with Gasteiger partial charge in [-0.2, -0.15) is 0 Å². The van der Waals surface area contributed by atoms with Crippen molar-refractivity contribution >= 4 is 58.3 Å². The molecule has 3 heterocycles. The predicted octanol–water partition coefficient (Wildman–Crippen LogP) is -0.0450. The maximum atomic E-state index is 11.2. The number of aliphatic hydroxyl groups is 2. The van der Waals surface area contributed by atoms with Gasteiger partial charge in [0.05, 0.1) is 110 Å². The van der Waals surface area contributed by atoms with Crippen LogP contribution in [-0.4, -0.2) is 178 Å². The molecule has 3 saturated heterocycles. The van der Waals surface area contributed by atoms with Crippen LogP contribution in [0.2, 0.25) is 0 Å². The van der Waals surface area contributed by atoms with Gasteiger partial charge in [-0.05, 0) is 55.5 Å². The van der Waals surface area contributed by atoms with Crippen LogP contribution in [0.3, 0.4) is 0 Å². The molecule has 5 aromatic carbocycles. The van der Waals surface area contributed by atoms with Gasteiger partial charge in [-0.1, -0.05) is 152 Å². The molecule has 0 saturated carbocycles. The van der Waals surface area contributed by atoms with Gasteiger partial charge >= 0.3 is 54.4 Å². The largest absolute Gasteiger partial charge is 1.00 e. The molecule has 2 amide bonds. The Hall–Kier alpha value is -3.26. The van der Waals surface area contributed by atoms with E-state index >= 15 is 0 Å². The molecule has 5 aromatic rings. The number of methoxy groups -OCH3 is 1. The number of nitrogens with one attached hydrogen (secondary N) is 3. The molecule has 0 spiro atoms. The first-order valence-electron chi connectivity index (χ1n) is 27.8. The van der Waals surface area contributed by atoms with E-state index in [4.69, 9.17) is 71.9 Å². The topological polar surface area (TPSA) is 240 Å². The summed E-state index contributed by atoms with van der Waals surface area (Å²) in [5, 5.41) is 26.2. The zero-order chi connectivity index (χ0) is 60.3. The van der Waals surface area contributed by atoms with Crippen molar-refractivity contribution in [3.63, 3.8) is 0 Å². The summed E-state index contributed by atoms with van der Waals surface area (Å²) in [6, 6.07) is 49.9. The number of aliphatic hydroxyl groups excluding tert-OH is 2. The number of esters is 1. The Morgan fingerprint density at radius 1 is 0.616 bits per heavy atom. The Morgan fingerprint density at radius 3 is 1.31 bits per heavy atom. The van der Waals surface area contributed by atoms with E-state index in [-0.39, 0.29) is 124 Å². The van der Waals surface area contributed by atoms with Crippen molar-refractivity contribution in [2.75, 3.05) is 79.5 Å². The van der Waals surface area contributed by atoms with Crippen LogP contribution in [0.5, 0.6) is 0 Å². The molecule has 8 rings (SSSR count). The van der Waals surface area contributed by atoms with Crippen molar-refractivity contribution in [2.45, 2.75) is 114 Å². The number of rotatable bonds is 25. The zero-order valence-electron chi connectivity index (χ0n) is 52.6. The number of carbonyl (C=O) groups is 3. The van der Waals surface area contributed by atoms with Crippen LogP contribution in [0, 0.1) is 0 Å². The maximum absolute atomic E-state index is 11.2. The fourth-order valence-corrected chi connectivity index (χ4v) is 7.23. The molecule has 9 atom stereocenters. The van der Waals surface area contributed by atoms with Crippen LogP contribution in [0.25, 0.3) is 0 Å². The first kappa shape index (κ1) is 82.7. The summed E-state index contributed by atoms with van der Waals surface area (Å²) in [4.78, 5) is 32.5. The Morgan fingerprint density at radius 2 is 0.988 bits per heavy atom. The second-order valence-corrected chi connectivity index (χ2v) is 20.7. The third-order valence-electron chi connectivity index (χ3n) is 11.7. The average Bonchev–Trinajstić information content (AvgIpc) is 4.47. The van der Waals surface area contributed by atoms with Crippen molar-refractivity contribution in [3.05, 3.63) is 179 Å². The number of halogens is 2. The van der Waals surface area contributed by atoms with Crippen molar-refractivity contribution in [2.24, 2.45) is 5.73 Å². The van der Waals surface area contributed by atoms with Crippen LogP contribution < -0.4 is 70.1 Å². The predicted molar refractivity (Wildman–Crippen MR) is 334 cm³/mol. The van der Waals surface area contributed by atoms with Crippen LogP contribution >= 0.6 is 23.2 Å². The van der Waals surface area contributed by atoms with E-state index < -0.39 is 23.0 Å². The molecule has 0 radical (unpaired) electrons. The number of benzene rings is 5.